The van der Waals surface area contributed by atoms with Crippen LogP contribution in [-0.2, 0) is 19.6 Å². The summed E-state index contributed by atoms with van der Waals surface area (Å²) in [7, 11) is -2.08. The Hall–Kier alpha value is -3.15. The molecule has 0 saturated heterocycles. The Bertz CT molecular complexity index is 1440. The standard InChI is InChI=1S/C36H53N3O7S/c1-25-14-17-31(18-15-25)47(43,44)37-30-16-19-33-32(21-30)36(42)39(27(3)24-40)22-26(2)34(45-20-10-9-11-28(4)46-33)23-38(5)35(41)29-12-7-6-8-13-29/h14-19,21,26-29,34,37,40H,6-13,20,22-24H2,1-5H3/t26-,27-,28+,34+/m0/s1. The molecule has 1 fully saturated rings. The summed E-state index contributed by atoms with van der Waals surface area (Å²) in [5, 5.41) is 10.2. The Morgan fingerprint density at radius 1 is 1.04 bits per heavy atom. The molecule has 0 aromatic heterocycles. The number of rotatable bonds is 8. The number of nitrogens with one attached hydrogen (secondary N) is 1. The highest BCUT2D eigenvalue weighted by Gasteiger charge is 2.32. The first-order valence-electron chi connectivity index (χ1n) is 17.1. The largest absolute Gasteiger partial charge is 0.490 e. The number of aryl methyl sites for hydroxylation is 1. The van der Waals surface area contributed by atoms with Crippen molar-refractivity contribution in [2.24, 2.45) is 11.8 Å². The monoisotopic (exact) mass is 671 g/mol. The van der Waals surface area contributed by atoms with Gasteiger partial charge in [-0.2, -0.15) is 0 Å². The number of nitrogens with zero attached hydrogens (tertiary/aromatic N) is 2. The maximum absolute atomic E-state index is 14.4. The zero-order valence-electron chi connectivity index (χ0n) is 28.6. The summed E-state index contributed by atoms with van der Waals surface area (Å²) >= 11 is 0. The summed E-state index contributed by atoms with van der Waals surface area (Å²) < 4.78 is 41.7. The van der Waals surface area contributed by atoms with E-state index in [4.69, 9.17) is 9.47 Å². The van der Waals surface area contributed by atoms with E-state index in [2.05, 4.69) is 4.72 Å². The molecule has 0 radical (unpaired) electrons. The molecule has 2 amide bonds. The predicted octanol–water partition coefficient (Wildman–Crippen LogP) is 5.63. The number of aliphatic hydroxyl groups excluding tert-OH is 1. The number of likely N-dealkylation sites (N-methyl/N-ethyl adjacent to an activating group) is 1. The molecule has 1 aliphatic carbocycles. The van der Waals surface area contributed by atoms with Crippen LogP contribution in [0.25, 0.3) is 0 Å². The molecular weight excluding hydrogens is 618 g/mol. The zero-order valence-corrected chi connectivity index (χ0v) is 29.4. The number of hydrogen-bond donors (Lipinski definition) is 2. The number of benzene rings is 2. The fourth-order valence-electron chi connectivity index (χ4n) is 6.40. The van der Waals surface area contributed by atoms with Crippen LogP contribution >= 0.6 is 0 Å². The van der Waals surface area contributed by atoms with Gasteiger partial charge in [-0.15, -0.1) is 0 Å². The minimum absolute atomic E-state index is 0.0469. The number of sulfonamides is 1. The smallest absolute Gasteiger partial charge is 0.261 e. The molecule has 4 atom stereocenters. The molecule has 2 aliphatic rings. The van der Waals surface area contributed by atoms with Gasteiger partial charge in [0.15, 0.2) is 0 Å². The summed E-state index contributed by atoms with van der Waals surface area (Å²) in [5.74, 6) is -0.0163. The molecule has 2 aromatic rings. The van der Waals surface area contributed by atoms with E-state index in [0.29, 0.717) is 18.9 Å². The van der Waals surface area contributed by atoms with Gasteiger partial charge in [0.05, 0.1) is 35.3 Å². The van der Waals surface area contributed by atoms with Gasteiger partial charge in [-0.1, -0.05) is 43.9 Å². The molecule has 1 heterocycles. The molecule has 11 heteroatoms. The molecule has 0 spiro atoms. The first-order chi connectivity index (χ1) is 22.4. The number of aliphatic hydroxyl groups is 1. The van der Waals surface area contributed by atoms with Crippen molar-refractivity contribution in [2.75, 3.05) is 38.1 Å². The third-order valence-electron chi connectivity index (χ3n) is 9.42. The van der Waals surface area contributed by atoms with Crippen LogP contribution in [0.4, 0.5) is 5.69 Å². The number of hydrogen-bond acceptors (Lipinski definition) is 7. The third kappa shape index (κ3) is 9.93. The Balaban J connectivity index is 1.64. The minimum Gasteiger partial charge on any atom is -0.490 e. The highest BCUT2D eigenvalue weighted by atomic mass is 32.2. The van der Waals surface area contributed by atoms with Crippen LogP contribution in [0.2, 0.25) is 0 Å². The van der Waals surface area contributed by atoms with E-state index in [1.807, 2.05) is 27.8 Å². The summed E-state index contributed by atoms with van der Waals surface area (Å²) in [5.41, 5.74) is 1.37. The Morgan fingerprint density at radius 2 is 1.72 bits per heavy atom. The van der Waals surface area contributed by atoms with Crippen LogP contribution in [0, 0.1) is 18.8 Å². The number of fused-ring (bicyclic) bond motifs is 1. The molecule has 10 nitrogen and oxygen atoms in total. The van der Waals surface area contributed by atoms with Gasteiger partial charge in [0.2, 0.25) is 5.91 Å². The van der Waals surface area contributed by atoms with Gasteiger partial charge < -0.3 is 24.4 Å². The predicted molar refractivity (Wildman–Crippen MR) is 183 cm³/mol. The maximum atomic E-state index is 14.4. The minimum atomic E-state index is -3.92. The van der Waals surface area contributed by atoms with E-state index < -0.39 is 16.1 Å². The quantitative estimate of drug-likeness (QED) is 0.373. The number of carbonyl (C=O) groups excluding carboxylic acids is 2. The highest BCUT2D eigenvalue weighted by molar-refractivity contribution is 7.92. The van der Waals surface area contributed by atoms with Crippen molar-refractivity contribution in [1.82, 2.24) is 9.80 Å². The SMILES string of the molecule is Cc1ccc(S(=O)(=O)Nc2ccc3c(c2)C(=O)N([C@@H](C)CO)C[C@H](C)[C@@H](CN(C)C(=O)C2CCCCC2)OCCCC[C@@H](C)O3)cc1. The number of amides is 2. The van der Waals surface area contributed by atoms with E-state index in [1.54, 1.807) is 41.0 Å². The second-order valence-electron chi connectivity index (χ2n) is 13.5. The first-order valence-corrected chi connectivity index (χ1v) is 18.6. The van der Waals surface area contributed by atoms with E-state index in [0.717, 1.165) is 50.5 Å². The van der Waals surface area contributed by atoms with Crippen LogP contribution in [0.3, 0.4) is 0 Å². The van der Waals surface area contributed by atoms with E-state index >= 15 is 0 Å². The lowest BCUT2D eigenvalue weighted by Crippen LogP contribution is -2.48. The van der Waals surface area contributed by atoms with Gasteiger partial charge in [-0.05, 0) is 83.2 Å². The normalized spacial score (nSPS) is 22.8. The Labute approximate surface area is 280 Å². The van der Waals surface area contributed by atoms with Crippen molar-refractivity contribution in [3.63, 3.8) is 0 Å². The Morgan fingerprint density at radius 3 is 2.40 bits per heavy atom. The van der Waals surface area contributed by atoms with Gasteiger partial charge in [0.1, 0.15) is 5.75 Å². The fraction of sp³-hybridized carbons (Fsp3) is 0.611. The summed E-state index contributed by atoms with van der Waals surface area (Å²) in [6, 6.07) is 10.7. The van der Waals surface area contributed by atoms with Crippen LogP contribution in [-0.4, -0.2) is 86.7 Å². The fourth-order valence-corrected chi connectivity index (χ4v) is 7.45. The van der Waals surface area contributed by atoms with Crippen LogP contribution < -0.4 is 9.46 Å². The molecule has 47 heavy (non-hydrogen) atoms. The van der Waals surface area contributed by atoms with Crippen molar-refractivity contribution in [3.05, 3.63) is 53.6 Å². The lowest BCUT2D eigenvalue weighted by atomic mass is 9.88. The number of ether oxygens (including phenoxy) is 2. The average Bonchev–Trinajstić information content (AvgIpc) is 3.06. The van der Waals surface area contributed by atoms with Crippen LogP contribution in [0.5, 0.6) is 5.75 Å². The molecule has 4 rings (SSSR count). The van der Waals surface area contributed by atoms with Crippen molar-refractivity contribution < 1.29 is 32.6 Å². The third-order valence-corrected chi connectivity index (χ3v) is 10.8. The van der Waals surface area contributed by atoms with E-state index in [-0.39, 0.29) is 65.2 Å². The van der Waals surface area contributed by atoms with Gasteiger partial charge in [0, 0.05) is 44.3 Å². The second-order valence-corrected chi connectivity index (χ2v) is 15.2. The first kappa shape index (κ1) is 36.7. The van der Waals surface area contributed by atoms with Crippen molar-refractivity contribution in [1.29, 1.82) is 0 Å². The van der Waals surface area contributed by atoms with E-state index in [1.165, 1.54) is 24.6 Å². The molecular formula is C36H53N3O7S. The van der Waals surface area contributed by atoms with Crippen LogP contribution in [0.15, 0.2) is 47.4 Å². The highest BCUT2D eigenvalue weighted by Crippen LogP contribution is 2.30. The van der Waals surface area contributed by atoms with Gasteiger partial charge in [-0.25, -0.2) is 8.42 Å². The summed E-state index contributed by atoms with van der Waals surface area (Å²) in [6.07, 6.45) is 7.04. The topological polar surface area (TPSA) is 125 Å². The van der Waals surface area contributed by atoms with Gasteiger partial charge in [0.25, 0.3) is 15.9 Å². The molecule has 0 unspecified atom stereocenters. The van der Waals surface area contributed by atoms with E-state index in [9.17, 15) is 23.1 Å². The molecule has 1 saturated carbocycles. The molecule has 260 valence electrons. The van der Waals surface area contributed by atoms with Crippen molar-refractivity contribution >= 4 is 27.5 Å². The molecule has 1 aliphatic heterocycles. The van der Waals surface area contributed by atoms with Crippen molar-refractivity contribution in [3.8, 4) is 5.75 Å². The second kappa shape index (κ2) is 16.8. The average molecular weight is 672 g/mol. The zero-order chi connectivity index (χ0) is 34.1. The lowest BCUT2D eigenvalue weighted by Gasteiger charge is -2.36. The molecule has 2 aromatic carbocycles. The van der Waals surface area contributed by atoms with Gasteiger partial charge in [-0.3, -0.25) is 14.3 Å². The number of carbonyl (C=O) groups is 2. The lowest BCUT2D eigenvalue weighted by molar-refractivity contribution is -0.137. The molecule has 0 bridgehead atoms. The van der Waals surface area contributed by atoms with Crippen molar-refractivity contribution in [2.45, 2.75) is 102 Å². The summed E-state index contributed by atoms with van der Waals surface area (Å²) in [6.45, 7) is 8.53. The molecule has 2 N–H and O–H groups in total. The Kier molecular flexibility index (Phi) is 13.1. The maximum Gasteiger partial charge on any atom is 0.261 e. The number of anilines is 1. The summed E-state index contributed by atoms with van der Waals surface area (Å²) in [4.78, 5) is 31.2. The van der Waals surface area contributed by atoms with Crippen LogP contribution in [0.1, 0.15) is 88.1 Å². The van der Waals surface area contributed by atoms with Gasteiger partial charge >= 0.3 is 0 Å².